The summed E-state index contributed by atoms with van der Waals surface area (Å²) in [5, 5.41) is 22.5. The molecule has 9 N–H and O–H groups in total. The van der Waals surface area contributed by atoms with Crippen molar-refractivity contribution in [2.45, 2.75) is 77.7 Å². The van der Waals surface area contributed by atoms with Gasteiger partial charge in [0.15, 0.2) is 6.61 Å². The first-order chi connectivity index (χ1) is 18.0. The van der Waals surface area contributed by atoms with E-state index in [9.17, 15) is 9.90 Å². The molecular formula is C29H46N4O5. The van der Waals surface area contributed by atoms with Crippen LogP contribution < -0.4 is 32.0 Å². The average molecular weight is 531 g/mol. The van der Waals surface area contributed by atoms with Crippen LogP contribution in [0.15, 0.2) is 30.3 Å². The Hall–Kier alpha value is -2.69. The van der Waals surface area contributed by atoms with Gasteiger partial charge in [-0.1, -0.05) is 32.4 Å². The van der Waals surface area contributed by atoms with Gasteiger partial charge in [0.1, 0.15) is 11.5 Å². The third kappa shape index (κ3) is 10.2. The molecule has 0 aliphatic rings. The van der Waals surface area contributed by atoms with Crippen molar-refractivity contribution in [2.24, 2.45) is 17.2 Å². The van der Waals surface area contributed by atoms with Crippen LogP contribution in [0.5, 0.6) is 11.5 Å². The molecular weight excluding hydrogens is 484 g/mol. The third-order valence-corrected chi connectivity index (χ3v) is 6.61. The second-order valence-corrected chi connectivity index (χ2v) is 10.3. The highest BCUT2D eigenvalue weighted by atomic mass is 16.6. The van der Waals surface area contributed by atoms with Crippen LogP contribution in [0.1, 0.15) is 66.8 Å². The van der Waals surface area contributed by atoms with Crippen LogP contribution in [0.25, 0.3) is 0 Å². The molecule has 9 nitrogen and oxygen atoms in total. The van der Waals surface area contributed by atoms with Crippen molar-refractivity contribution in [1.29, 1.82) is 0 Å². The van der Waals surface area contributed by atoms with Gasteiger partial charge in [-0.2, -0.15) is 0 Å². The Balaban J connectivity index is 2.00. The molecule has 0 radical (unpaired) electrons. The fourth-order valence-corrected chi connectivity index (χ4v) is 4.38. The Morgan fingerprint density at radius 3 is 2.32 bits per heavy atom. The highest BCUT2D eigenvalue weighted by molar-refractivity contribution is 5.68. The molecule has 0 amide bonds. The maximum absolute atomic E-state index is 10.8. The lowest BCUT2D eigenvalue weighted by atomic mass is 9.93. The van der Waals surface area contributed by atoms with Crippen molar-refractivity contribution in [1.82, 2.24) is 5.32 Å². The second-order valence-electron chi connectivity index (χ2n) is 10.3. The molecule has 212 valence electrons. The summed E-state index contributed by atoms with van der Waals surface area (Å²) in [6, 6.07) is 9.43. The van der Waals surface area contributed by atoms with E-state index in [1.807, 2.05) is 38.1 Å². The summed E-state index contributed by atoms with van der Waals surface area (Å²) >= 11 is 0. The molecule has 0 aliphatic heterocycles. The molecule has 9 heteroatoms. The summed E-state index contributed by atoms with van der Waals surface area (Å²) < 4.78 is 11.2. The number of aliphatic hydroxyl groups is 1. The van der Waals surface area contributed by atoms with Gasteiger partial charge in [0.05, 0.1) is 6.54 Å². The quantitative estimate of drug-likeness (QED) is 0.133. The van der Waals surface area contributed by atoms with Gasteiger partial charge in [-0.25, -0.2) is 4.79 Å². The molecule has 2 aromatic carbocycles. The Labute approximate surface area is 226 Å². The van der Waals surface area contributed by atoms with Gasteiger partial charge in [-0.05, 0) is 91.6 Å². The molecule has 0 saturated carbocycles. The summed E-state index contributed by atoms with van der Waals surface area (Å²) in [6.45, 7) is 9.18. The number of rotatable bonds is 17. The van der Waals surface area contributed by atoms with Gasteiger partial charge in [-0.15, -0.1) is 0 Å². The monoisotopic (exact) mass is 530 g/mol. The molecule has 0 spiro atoms. The minimum absolute atomic E-state index is 0.118. The van der Waals surface area contributed by atoms with Crippen LogP contribution in [-0.2, 0) is 11.2 Å². The predicted molar refractivity (Wildman–Crippen MR) is 151 cm³/mol. The standard InChI is InChI=1S/C29H46N4O5/c1-18(2)23-13-21(14-24-19(3)11-22(12-20(24)4)37-17-28(34)35)8-9-27(23)38-29(36)16-33-15-26(32)25(31)7-5-6-10-30/h8-9,11-13,18,25-26,29,33,36H,5-7,10,14-17,30-32H2,1-4H3,(H,34,35)/t25-,26?,29?/m0/s1. The van der Waals surface area contributed by atoms with E-state index in [4.69, 9.17) is 31.8 Å². The van der Waals surface area contributed by atoms with Crippen LogP contribution in [0.3, 0.4) is 0 Å². The van der Waals surface area contributed by atoms with Crippen molar-refractivity contribution in [2.75, 3.05) is 26.2 Å². The van der Waals surface area contributed by atoms with E-state index in [0.717, 1.165) is 47.1 Å². The van der Waals surface area contributed by atoms with E-state index in [-0.39, 0.29) is 31.2 Å². The van der Waals surface area contributed by atoms with Gasteiger partial charge in [0.25, 0.3) is 0 Å². The number of hydrogen-bond donors (Lipinski definition) is 6. The maximum Gasteiger partial charge on any atom is 0.341 e. The number of nitrogens with one attached hydrogen (secondary N) is 1. The number of ether oxygens (including phenoxy) is 2. The van der Waals surface area contributed by atoms with E-state index >= 15 is 0 Å². The predicted octanol–water partition coefficient (Wildman–Crippen LogP) is 2.55. The van der Waals surface area contributed by atoms with Crippen LogP contribution in [-0.4, -0.2) is 60.8 Å². The van der Waals surface area contributed by atoms with Crippen LogP contribution in [0.4, 0.5) is 0 Å². The fraction of sp³-hybridized carbons (Fsp3) is 0.552. The molecule has 0 heterocycles. The van der Waals surface area contributed by atoms with E-state index < -0.39 is 12.3 Å². The number of unbranched alkanes of at least 4 members (excludes halogenated alkanes) is 1. The van der Waals surface area contributed by atoms with Crippen molar-refractivity contribution in [3.63, 3.8) is 0 Å². The number of nitrogens with two attached hydrogens (primary N) is 3. The third-order valence-electron chi connectivity index (χ3n) is 6.61. The van der Waals surface area contributed by atoms with Gasteiger partial charge >= 0.3 is 5.97 Å². The highest BCUT2D eigenvalue weighted by Gasteiger charge is 2.17. The number of aryl methyl sites for hydroxylation is 2. The van der Waals surface area contributed by atoms with Crippen LogP contribution in [0, 0.1) is 13.8 Å². The minimum atomic E-state index is -1.03. The largest absolute Gasteiger partial charge is 0.482 e. The van der Waals surface area contributed by atoms with E-state index in [0.29, 0.717) is 31.0 Å². The van der Waals surface area contributed by atoms with Crippen molar-refractivity contribution >= 4 is 5.97 Å². The lowest BCUT2D eigenvalue weighted by molar-refractivity contribution is -0.139. The zero-order valence-corrected chi connectivity index (χ0v) is 23.2. The van der Waals surface area contributed by atoms with Gasteiger partial charge < -0.3 is 42.2 Å². The fourth-order valence-electron chi connectivity index (χ4n) is 4.38. The lowest BCUT2D eigenvalue weighted by Crippen LogP contribution is -2.49. The first-order valence-electron chi connectivity index (χ1n) is 13.4. The van der Waals surface area contributed by atoms with Crippen molar-refractivity contribution in [3.8, 4) is 11.5 Å². The molecule has 3 atom stereocenters. The summed E-state index contributed by atoms with van der Waals surface area (Å²) in [5.41, 5.74) is 23.2. The number of carboxylic acid groups (broad SMARTS) is 1. The molecule has 0 aliphatic carbocycles. The number of hydrogen-bond acceptors (Lipinski definition) is 8. The Kier molecular flexibility index (Phi) is 13.0. The zero-order valence-electron chi connectivity index (χ0n) is 23.2. The molecule has 0 fully saturated rings. The Morgan fingerprint density at radius 1 is 1.03 bits per heavy atom. The van der Waals surface area contributed by atoms with Crippen LogP contribution >= 0.6 is 0 Å². The normalized spacial score (nSPS) is 13.8. The van der Waals surface area contributed by atoms with E-state index in [2.05, 4.69) is 25.2 Å². The summed E-state index contributed by atoms with van der Waals surface area (Å²) in [6.07, 6.45) is 2.40. The number of benzene rings is 2. The van der Waals surface area contributed by atoms with Crippen molar-refractivity contribution < 1.29 is 24.5 Å². The maximum atomic E-state index is 10.8. The molecule has 2 unspecified atom stereocenters. The van der Waals surface area contributed by atoms with Crippen molar-refractivity contribution in [3.05, 3.63) is 58.1 Å². The zero-order chi connectivity index (χ0) is 28.2. The molecule has 0 saturated heterocycles. The van der Waals surface area contributed by atoms with E-state index in [1.165, 1.54) is 0 Å². The number of carboxylic acids is 1. The highest BCUT2D eigenvalue weighted by Crippen LogP contribution is 2.31. The SMILES string of the molecule is Cc1cc(OCC(=O)O)cc(C)c1Cc1ccc(OC(O)CNCC(N)[C@@H](N)CCCCN)c(C(C)C)c1. The number of aliphatic hydroxyl groups excluding tert-OH is 1. The number of aliphatic carboxylic acids is 1. The number of carbonyl (C=O) groups is 1. The summed E-state index contributed by atoms with van der Waals surface area (Å²) in [5.74, 6) is 0.385. The molecule has 2 rings (SSSR count). The van der Waals surface area contributed by atoms with Crippen LogP contribution in [0.2, 0.25) is 0 Å². The molecule has 0 aromatic heterocycles. The Bertz CT molecular complexity index is 1010. The first-order valence-corrected chi connectivity index (χ1v) is 13.4. The van der Waals surface area contributed by atoms with Gasteiger partial charge in [0.2, 0.25) is 6.29 Å². The van der Waals surface area contributed by atoms with Gasteiger partial charge in [-0.3, -0.25) is 0 Å². The first kappa shape index (κ1) is 31.5. The molecule has 38 heavy (non-hydrogen) atoms. The molecule has 2 aromatic rings. The lowest BCUT2D eigenvalue weighted by Gasteiger charge is -2.22. The second kappa shape index (κ2) is 15.7. The topological polar surface area (TPSA) is 166 Å². The van der Waals surface area contributed by atoms with Gasteiger partial charge in [0, 0.05) is 18.6 Å². The Morgan fingerprint density at radius 2 is 1.71 bits per heavy atom. The summed E-state index contributed by atoms with van der Waals surface area (Å²) in [7, 11) is 0. The molecule has 0 bridgehead atoms. The average Bonchev–Trinajstić information content (AvgIpc) is 2.85. The smallest absolute Gasteiger partial charge is 0.341 e. The van der Waals surface area contributed by atoms with E-state index in [1.54, 1.807) is 0 Å². The minimum Gasteiger partial charge on any atom is -0.482 e. The summed E-state index contributed by atoms with van der Waals surface area (Å²) in [4.78, 5) is 10.8.